The lowest BCUT2D eigenvalue weighted by Crippen LogP contribution is -2.30. The van der Waals surface area contributed by atoms with E-state index in [1.54, 1.807) is 18.3 Å². The molecule has 1 heterocycles. The van der Waals surface area contributed by atoms with E-state index in [4.69, 9.17) is 4.74 Å². The van der Waals surface area contributed by atoms with Gasteiger partial charge < -0.3 is 15.0 Å². The molecule has 25 heavy (non-hydrogen) atoms. The quantitative estimate of drug-likeness (QED) is 0.725. The lowest BCUT2D eigenvalue weighted by molar-refractivity contribution is -0.131. The lowest BCUT2D eigenvalue weighted by atomic mass is 10.1. The van der Waals surface area contributed by atoms with Gasteiger partial charge in [-0.2, -0.15) is 0 Å². The van der Waals surface area contributed by atoms with E-state index >= 15 is 0 Å². The molecule has 0 aliphatic rings. The minimum absolute atomic E-state index is 0.242. The van der Waals surface area contributed by atoms with Gasteiger partial charge in [-0.05, 0) is 35.4 Å². The summed E-state index contributed by atoms with van der Waals surface area (Å²) in [6.07, 6.45) is 0.979. The number of rotatable bonds is 6. The molecule has 5 nitrogen and oxygen atoms in total. The summed E-state index contributed by atoms with van der Waals surface area (Å²) in [5, 5.41) is 2.80. The Morgan fingerprint density at radius 1 is 1.20 bits per heavy atom. The Balaban J connectivity index is 1.63. The Morgan fingerprint density at radius 2 is 1.92 bits per heavy atom. The highest BCUT2D eigenvalue weighted by Gasteiger charge is 2.19. The molecule has 128 valence electrons. The predicted octanol–water partition coefficient (Wildman–Crippen LogP) is 3.22. The van der Waals surface area contributed by atoms with Crippen molar-refractivity contribution in [3.63, 3.8) is 0 Å². The second kappa shape index (κ2) is 7.72. The number of H-pyrrole nitrogens is 1. The molecule has 6 heteroatoms. The molecule has 0 saturated heterocycles. The number of carbonyl (C=O) groups excluding carboxylic acids is 1. The number of aromatic amines is 1. The molecule has 0 aliphatic carbocycles. The number of hydrogen-bond donors (Lipinski definition) is 2. The molecule has 0 aliphatic heterocycles. The van der Waals surface area contributed by atoms with Crippen molar-refractivity contribution < 1.29 is 13.9 Å². The molecule has 0 bridgehead atoms. The summed E-state index contributed by atoms with van der Waals surface area (Å²) in [5.41, 5.74) is 2.37. The van der Waals surface area contributed by atoms with Crippen LogP contribution in [-0.2, 0) is 16.1 Å². The Hall–Kier alpha value is -2.99. The first-order valence-electron chi connectivity index (χ1n) is 7.82. The third-order valence-corrected chi connectivity index (χ3v) is 3.79. The smallest absolute Gasteiger partial charge is 0.254 e. The van der Waals surface area contributed by atoms with Crippen LogP contribution in [0, 0.1) is 5.82 Å². The summed E-state index contributed by atoms with van der Waals surface area (Å²) in [7, 11) is 1.50. The maximum Gasteiger partial charge on any atom is 0.254 e. The fourth-order valence-electron chi connectivity index (χ4n) is 2.51. The average Bonchev–Trinajstić information content (AvgIpc) is 3.11. The second-order valence-electron chi connectivity index (χ2n) is 5.49. The van der Waals surface area contributed by atoms with Crippen LogP contribution in [0.15, 0.2) is 60.8 Å². The highest BCUT2D eigenvalue weighted by molar-refractivity contribution is 5.82. The van der Waals surface area contributed by atoms with E-state index in [1.165, 1.54) is 19.2 Å². The number of hydrogen-bond acceptors (Lipinski definition) is 3. The maximum absolute atomic E-state index is 13.0. The molecule has 0 saturated carbocycles. The molecular weight excluding hydrogens is 321 g/mol. The van der Waals surface area contributed by atoms with Crippen LogP contribution in [0.2, 0.25) is 0 Å². The van der Waals surface area contributed by atoms with Crippen molar-refractivity contribution in [2.45, 2.75) is 12.6 Å². The number of benzene rings is 2. The van der Waals surface area contributed by atoms with E-state index in [2.05, 4.69) is 15.3 Å². The van der Waals surface area contributed by atoms with Crippen LogP contribution in [-0.4, -0.2) is 23.0 Å². The Morgan fingerprint density at radius 3 is 2.60 bits per heavy atom. The van der Waals surface area contributed by atoms with Crippen molar-refractivity contribution in [2.24, 2.45) is 0 Å². The largest absolute Gasteiger partial charge is 0.367 e. The zero-order valence-electron chi connectivity index (χ0n) is 13.7. The number of aromatic nitrogens is 2. The number of amides is 1. The molecular formula is C19H18FN3O2. The second-order valence-corrected chi connectivity index (χ2v) is 5.49. The van der Waals surface area contributed by atoms with E-state index in [0.29, 0.717) is 5.82 Å². The third-order valence-electron chi connectivity index (χ3n) is 3.79. The molecule has 2 N–H and O–H groups in total. The van der Waals surface area contributed by atoms with Gasteiger partial charge in [0, 0.05) is 7.11 Å². The van der Waals surface area contributed by atoms with Crippen LogP contribution >= 0.6 is 0 Å². The summed E-state index contributed by atoms with van der Waals surface area (Å²) in [4.78, 5) is 19.7. The molecule has 0 fully saturated rings. The minimum atomic E-state index is -0.673. The SMILES string of the molecule is CO[C@H](C(=O)NCc1ncc(-c2ccc(F)cc2)[nH]1)c1ccccc1. The fourth-order valence-corrected chi connectivity index (χ4v) is 2.51. The highest BCUT2D eigenvalue weighted by Crippen LogP contribution is 2.18. The molecule has 0 spiro atoms. The van der Waals surface area contributed by atoms with Crippen LogP contribution in [0.3, 0.4) is 0 Å². The first-order chi connectivity index (χ1) is 12.2. The monoisotopic (exact) mass is 339 g/mol. The van der Waals surface area contributed by atoms with Gasteiger partial charge in [0.25, 0.3) is 5.91 Å². The van der Waals surface area contributed by atoms with Crippen LogP contribution in [0.4, 0.5) is 4.39 Å². The van der Waals surface area contributed by atoms with Crippen LogP contribution < -0.4 is 5.32 Å². The minimum Gasteiger partial charge on any atom is -0.367 e. The first kappa shape index (κ1) is 16.9. The van der Waals surface area contributed by atoms with Crippen molar-refractivity contribution in [3.05, 3.63) is 78.0 Å². The average molecular weight is 339 g/mol. The third kappa shape index (κ3) is 4.10. The van der Waals surface area contributed by atoms with Crippen LogP contribution in [0.25, 0.3) is 11.3 Å². The van der Waals surface area contributed by atoms with Crippen molar-refractivity contribution in [3.8, 4) is 11.3 Å². The van der Waals surface area contributed by atoms with Gasteiger partial charge in [-0.1, -0.05) is 30.3 Å². The Labute approximate surface area is 144 Å². The van der Waals surface area contributed by atoms with E-state index in [-0.39, 0.29) is 18.3 Å². The number of carbonyl (C=O) groups is 1. The highest BCUT2D eigenvalue weighted by atomic mass is 19.1. The van der Waals surface area contributed by atoms with Crippen molar-refractivity contribution >= 4 is 5.91 Å². The van der Waals surface area contributed by atoms with E-state index in [1.807, 2.05) is 30.3 Å². The van der Waals surface area contributed by atoms with E-state index in [9.17, 15) is 9.18 Å². The molecule has 0 radical (unpaired) electrons. The summed E-state index contributed by atoms with van der Waals surface area (Å²) in [5.74, 6) is 0.0753. The number of halogens is 1. The van der Waals surface area contributed by atoms with Gasteiger partial charge in [0.05, 0.1) is 18.4 Å². The van der Waals surface area contributed by atoms with Gasteiger partial charge in [-0.25, -0.2) is 9.37 Å². The molecule has 1 atom stereocenters. The topological polar surface area (TPSA) is 67.0 Å². The number of nitrogens with zero attached hydrogens (tertiary/aromatic N) is 1. The standard InChI is InChI=1S/C19H18FN3O2/c1-25-18(14-5-3-2-4-6-14)19(24)22-12-17-21-11-16(23-17)13-7-9-15(20)10-8-13/h2-11,18H,12H2,1H3,(H,21,23)(H,22,24)/t18-/m0/s1. The number of nitrogens with one attached hydrogen (secondary N) is 2. The van der Waals surface area contributed by atoms with E-state index < -0.39 is 6.10 Å². The summed E-state index contributed by atoms with van der Waals surface area (Å²) in [6.45, 7) is 0.243. The number of ether oxygens (including phenoxy) is 1. The predicted molar refractivity (Wildman–Crippen MR) is 92.0 cm³/mol. The number of imidazole rings is 1. The lowest BCUT2D eigenvalue weighted by Gasteiger charge is -2.15. The molecule has 1 amide bonds. The first-order valence-corrected chi connectivity index (χ1v) is 7.82. The van der Waals surface area contributed by atoms with Gasteiger partial charge >= 0.3 is 0 Å². The number of methoxy groups -OCH3 is 1. The maximum atomic E-state index is 13.0. The summed E-state index contributed by atoms with van der Waals surface area (Å²) < 4.78 is 18.3. The molecule has 2 aromatic carbocycles. The van der Waals surface area contributed by atoms with Crippen molar-refractivity contribution in [1.82, 2.24) is 15.3 Å². The fraction of sp³-hybridized carbons (Fsp3) is 0.158. The van der Waals surface area contributed by atoms with Gasteiger partial charge in [0.2, 0.25) is 0 Å². The molecule has 3 aromatic rings. The zero-order valence-corrected chi connectivity index (χ0v) is 13.7. The Kier molecular flexibility index (Phi) is 5.20. The van der Waals surface area contributed by atoms with Crippen molar-refractivity contribution in [1.29, 1.82) is 0 Å². The van der Waals surface area contributed by atoms with Crippen molar-refractivity contribution in [2.75, 3.05) is 7.11 Å². The molecule has 3 rings (SSSR count). The normalized spacial score (nSPS) is 11.9. The summed E-state index contributed by atoms with van der Waals surface area (Å²) in [6, 6.07) is 15.4. The van der Waals surface area contributed by atoms with Gasteiger partial charge in [-0.15, -0.1) is 0 Å². The van der Waals surface area contributed by atoms with Crippen LogP contribution in [0.5, 0.6) is 0 Å². The van der Waals surface area contributed by atoms with E-state index in [0.717, 1.165) is 16.8 Å². The zero-order chi connectivity index (χ0) is 17.6. The molecule has 0 unspecified atom stereocenters. The molecule has 1 aromatic heterocycles. The van der Waals surface area contributed by atoms with Gasteiger partial charge in [-0.3, -0.25) is 4.79 Å². The van der Waals surface area contributed by atoms with Crippen LogP contribution in [0.1, 0.15) is 17.5 Å². The van der Waals surface area contributed by atoms with Gasteiger partial charge in [0.1, 0.15) is 11.6 Å². The summed E-state index contributed by atoms with van der Waals surface area (Å²) >= 11 is 0. The Bertz CT molecular complexity index is 831. The van der Waals surface area contributed by atoms with Gasteiger partial charge in [0.15, 0.2) is 6.10 Å².